The number of aromatic nitrogens is 1. The van der Waals surface area contributed by atoms with E-state index in [-0.39, 0.29) is 11.6 Å². The zero-order valence-electron chi connectivity index (χ0n) is 9.92. The molecule has 2 rings (SSSR count). The number of hydrogen-bond donors (Lipinski definition) is 0. The van der Waals surface area contributed by atoms with E-state index in [1.54, 1.807) is 12.1 Å². The molecule has 0 amide bonds. The van der Waals surface area contributed by atoms with Crippen LogP contribution in [0.1, 0.15) is 13.8 Å². The van der Waals surface area contributed by atoms with E-state index >= 15 is 0 Å². The highest BCUT2D eigenvalue weighted by atomic mass is 32.3. The molecule has 0 N–H and O–H groups in total. The number of fused-ring (bicyclic) bond motifs is 1. The molecule has 18 heavy (non-hydrogen) atoms. The number of halogens is 1. The van der Waals surface area contributed by atoms with Gasteiger partial charge in [0.2, 0.25) is 0 Å². The summed E-state index contributed by atoms with van der Waals surface area (Å²) in [6.07, 6.45) is 1.34. The van der Waals surface area contributed by atoms with Gasteiger partial charge in [-0.15, -0.1) is 3.89 Å². The summed E-state index contributed by atoms with van der Waals surface area (Å²) in [5, 5.41) is 0.477. The van der Waals surface area contributed by atoms with Crippen LogP contribution in [-0.4, -0.2) is 19.5 Å². The van der Waals surface area contributed by atoms with Crippen molar-refractivity contribution < 1.29 is 17.0 Å². The van der Waals surface area contributed by atoms with Gasteiger partial charge in [0.25, 0.3) is 0 Å². The fourth-order valence-electron chi connectivity index (χ4n) is 1.67. The van der Waals surface area contributed by atoms with Gasteiger partial charge in [-0.05, 0) is 38.1 Å². The zero-order chi connectivity index (χ0) is 13.3. The highest BCUT2D eigenvalue weighted by Gasteiger charge is 2.19. The molecule has 0 spiro atoms. The zero-order valence-corrected chi connectivity index (χ0v) is 10.7. The highest BCUT2D eigenvalue weighted by molar-refractivity contribution is 7.86. The van der Waals surface area contributed by atoms with Gasteiger partial charge < -0.3 is 4.74 Å². The van der Waals surface area contributed by atoms with Crippen LogP contribution >= 0.6 is 0 Å². The molecule has 0 saturated carbocycles. The maximum Gasteiger partial charge on any atom is 0.334 e. The minimum atomic E-state index is -4.79. The largest absolute Gasteiger partial charge is 0.490 e. The van der Waals surface area contributed by atoms with Gasteiger partial charge in [-0.2, -0.15) is 8.42 Å². The smallest absolute Gasteiger partial charge is 0.334 e. The summed E-state index contributed by atoms with van der Waals surface area (Å²) in [5.41, 5.74) is 0.0816. The Kier molecular flexibility index (Phi) is 3.21. The number of rotatable bonds is 3. The molecule has 1 heterocycles. The van der Waals surface area contributed by atoms with E-state index < -0.39 is 15.1 Å². The van der Waals surface area contributed by atoms with Crippen LogP contribution in [0.2, 0.25) is 0 Å². The predicted octanol–water partition coefficient (Wildman–Crippen LogP) is 2.68. The average molecular weight is 269 g/mol. The van der Waals surface area contributed by atoms with E-state index in [0.29, 0.717) is 11.1 Å². The van der Waals surface area contributed by atoms with Crippen LogP contribution in [-0.2, 0) is 10.2 Å². The minimum Gasteiger partial charge on any atom is -0.490 e. The van der Waals surface area contributed by atoms with Crippen LogP contribution in [0.5, 0.6) is 5.75 Å². The molecule has 0 atom stereocenters. The van der Waals surface area contributed by atoms with Gasteiger partial charge in [0, 0.05) is 11.6 Å². The molecule has 0 unspecified atom stereocenters. The first-order valence-electron chi connectivity index (χ1n) is 5.38. The van der Waals surface area contributed by atoms with Crippen molar-refractivity contribution in [3.63, 3.8) is 0 Å². The van der Waals surface area contributed by atoms with Crippen molar-refractivity contribution in [3.05, 3.63) is 30.5 Å². The standard InChI is InChI=1S/C12H12FNO3S/c1-8(2)17-10-5-6-11(18(13,15)16)12-9(10)4-3-7-14-12/h3-8H,1-2H3. The quantitative estimate of drug-likeness (QED) is 0.804. The molecular formula is C12H12FNO3S. The average Bonchev–Trinajstić information content (AvgIpc) is 2.27. The number of nitrogens with zero attached hydrogens (tertiary/aromatic N) is 1. The second-order valence-corrected chi connectivity index (χ2v) is 5.38. The Morgan fingerprint density at radius 3 is 2.61 bits per heavy atom. The van der Waals surface area contributed by atoms with Crippen LogP contribution in [0.15, 0.2) is 35.4 Å². The van der Waals surface area contributed by atoms with Gasteiger partial charge in [-0.1, -0.05) is 0 Å². The second-order valence-electron chi connectivity index (χ2n) is 4.07. The summed E-state index contributed by atoms with van der Waals surface area (Å²) < 4.78 is 40.7. The molecule has 1 aromatic carbocycles. The lowest BCUT2D eigenvalue weighted by Crippen LogP contribution is -2.06. The van der Waals surface area contributed by atoms with Crippen LogP contribution in [0.25, 0.3) is 10.9 Å². The normalized spacial score (nSPS) is 12.0. The Balaban J connectivity index is 2.74. The SMILES string of the molecule is CC(C)Oc1ccc(S(=O)(=O)F)c2ncccc12. The molecule has 6 heteroatoms. The summed E-state index contributed by atoms with van der Waals surface area (Å²) in [6, 6.07) is 5.90. The van der Waals surface area contributed by atoms with E-state index in [1.165, 1.54) is 18.3 Å². The van der Waals surface area contributed by atoms with Crippen molar-refractivity contribution in [2.24, 2.45) is 0 Å². The van der Waals surface area contributed by atoms with Crippen molar-refractivity contribution in [1.82, 2.24) is 4.98 Å². The lowest BCUT2D eigenvalue weighted by molar-refractivity contribution is 0.245. The molecule has 0 radical (unpaired) electrons. The minimum absolute atomic E-state index is 0.0683. The maximum absolute atomic E-state index is 13.1. The fourth-order valence-corrected chi connectivity index (χ4v) is 2.30. The molecule has 2 aromatic rings. The molecular weight excluding hydrogens is 257 g/mol. The number of ether oxygens (including phenoxy) is 1. The molecule has 1 aromatic heterocycles. The van der Waals surface area contributed by atoms with Crippen LogP contribution < -0.4 is 4.74 Å². The number of hydrogen-bond acceptors (Lipinski definition) is 4. The van der Waals surface area contributed by atoms with E-state index in [4.69, 9.17) is 4.74 Å². The molecule has 96 valence electrons. The molecule has 0 aliphatic carbocycles. The Morgan fingerprint density at radius 1 is 1.28 bits per heavy atom. The monoisotopic (exact) mass is 269 g/mol. The van der Waals surface area contributed by atoms with Crippen molar-refractivity contribution in [1.29, 1.82) is 0 Å². The Labute approximate surface area is 105 Å². The Hall–Kier alpha value is -1.69. The van der Waals surface area contributed by atoms with Gasteiger partial charge in [0.05, 0.1) is 11.6 Å². The van der Waals surface area contributed by atoms with Gasteiger partial charge >= 0.3 is 10.2 Å². The summed E-state index contributed by atoms with van der Waals surface area (Å²) in [6.45, 7) is 3.70. The van der Waals surface area contributed by atoms with Crippen LogP contribution in [0.3, 0.4) is 0 Å². The van der Waals surface area contributed by atoms with E-state index in [1.807, 2.05) is 13.8 Å². The molecule has 0 aliphatic heterocycles. The van der Waals surface area contributed by atoms with Crippen molar-refractivity contribution in [3.8, 4) is 5.75 Å². The third-order valence-electron chi connectivity index (χ3n) is 2.32. The Morgan fingerprint density at radius 2 is 2.00 bits per heavy atom. The third kappa shape index (κ3) is 2.43. The molecule has 0 saturated heterocycles. The first-order valence-corrected chi connectivity index (χ1v) is 6.77. The molecule has 0 bridgehead atoms. The highest BCUT2D eigenvalue weighted by Crippen LogP contribution is 2.30. The van der Waals surface area contributed by atoms with Gasteiger partial charge in [0.15, 0.2) is 0 Å². The third-order valence-corrected chi connectivity index (χ3v) is 3.17. The lowest BCUT2D eigenvalue weighted by atomic mass is 10.2. The van der Waals surface area contributed by atoms with E-state index in [0.717, 1.165) is 0 Å². The predicted molar refractivity (Wildman–Crippen MR) is 65.8 cm³/mol. The number of pyridine rings is 1. The summed E-state index contributed by atoms with van der Waals surface area (Å²) >= 11 is 0. The number of benzene rings is 1. The maximum atomic E-state index is 13.1. The van der Waals surface area contributed by atoms with Gasteiger partial charge in [-0.3, -0.25) is 4.98 Å². The van der Waals surface area contributed by atoms with Crippen molar-refractivity contribution in [2.45, 2.75) is 24.8 Å². The summed E-state index contributed by atoms with van der Waals surface area (Å²) in [7, 11) is -4.79. The second kappa shape index (κ2) is 4.53. The topological polar surface area (TPSA) is 56.3 Å². The molecule has 0 fully saturated rings. The van der Waals surface area contributed by atoms with E-state index in [2.05, 4.69) is 4.98 Å². The lowest BCUT2D eigenvalue weighted by Gasteiger charge is -2.12. The first kappa shape index (κ1) is 12.8. The van der Waals surface area contributed by atoms with Gasteiger partial charge in [-0.25, -0.2) is 0 Å². The molecule has 0 aliphatic rings. The first-order chi connectivity index (χ1) is 8.39. The fraction of sp³-hybridized carbons (Fsp3) is 0.250. The molecule has 4 nitrogen and oxygen atoms in total. The summed E-state index contributed by atoms with van der Waals surface area (Å²) in [5.74, 6) is 0.487. The Bertz CT molecular complexity index is 683. The van der Waals surface area contributed by atoms with Crippen LogP contribution in [0.4, 0.5) is 3.89 Å². The summed E-state index contributed by atoms with van der Waals surface area (Å²) in [4.78, 5) is 3.48. The van der Waals surface area contributed by atoms with Crippen LogP contribution in [0, 0.1) is 0 Å². The van der Waals surface area contributed by atoms with E-state index in [9.17, 15) is 12.3 Å². The van der Waals surface area contributed by atoms with Crippen molar-refractivity contribution in [2.75, 3.05) is 0 Å². The van der Waals surface area contributed by atoms with Crippen molar-refractivity contribution >= 4 is 21.1 Å². The van der Waals surface area contributed by atoms with Gasteiger partial charge in [0.1, 0.15) is 10.6 Å².